The Hall–Kier alpha value is -3.54. The topological polar surface area (TPSA) is 86.0 Å². The Bertz CT molecular complexity index is 1040. The number of aromatic nitrogens is 3. The summed E-state index contributed by atoms with van der Waals surface area (Å²) in [6.07, 6.45) is 1.47. The molecule has 4 rings (SSSR count). The fourth-order valence-corrected chi connectivity index (χ4v) is 2.64. The van der Waals surface area contributed by atoms with Crippen LogP contribution < -0.4 is 15.2 Å². The van der Waals surface area contributed by atoms with Gasteiger partial charge in [0, 0.05) is 23.0 Å². The first-order valence-corrected chi connectivity index (χ1v) is 7.74. The zero-order valence-electron chi connectivity index (χ0n) is 13.6. The lowest BCUT2D eigenvalue weighted by molar-refractivity contribution is 0.408. The average molecular weight is 332 g/mol. The van der Waals surface area contributed by atoms with Gasteiger partial charge in [-0.1, -0.05) is 18.2 Å². The molecule has 4 aromatic rings. The molecule has 2 aromatic carbocycles. The van der Waals surface area contributed by atoms with Crippen molar-refractivity contribution in [2.24, 2.45) is 0 Å². The summed E-state index contributed by atoms with van der Waals surface area (Å²) in [4.78, 5) is 11.8. The molecule has 3 N–H and O–H groups in total. The van der Waals surface area contributed by atoms with E-state index >= 15 is 0 Å². The minimum atomic E-state index is 0.477. The van der Waals surface area contributed by atoms with E-state index in [0.717, 1.165) is 22.4 Å². The predicted molar refractivity (Wildman–Crippen MR) is 96.8 cm³/mol. The van der Waals surface area contributed by atoms with Crippen molar-refractivity contribution < 1.29 is 9.47 Å². The van der Waals surface area contributed by atoms with Crippen LogP contribution in [0.4, 0.5) is 5.69 Å². The number of ether oxygens (including phenoxy) is 2. The molecule has 0 bridgehead atoms. The lowest BCUT2D eigenvalue weighted by Gasteiger charge is -2.06. The van der Waals surface area contributed by atoms with E-state index in [9.17, 15) is 0 Å². The smallest absolute Gasteiger partial charge is 0.231 e. The number of fused-ring (bicyclic) bond motifs is 1. The summed E-state index contributed by atoms with van der Waals surface area (Å²) in [7, 11) is 1.62. The summed E-state index contributed by atoms with van der Waals surface area (Å²) in [6.45, 7) is 0. The molecule has 0 aliphatic carbocycles. The van der Waals surface area contributed by atoms with Gasteiger partial charge < -0.3 is 20.2 Å². The predicted octanol–water partition coefficient (Wildman–Crippen LogP) is 4.01. The molecule has 6 nitrogen and oxygen atoms in total. The minimum absolute atomic E-state index is 0.477. The summed E-state index contributed by atoms with van der Waals surface area (Å²) >= 11 is 0. The molecular weight excluding hydrogens is 316 g/mol. The molecule has 25 heavy (non-hydrogen) atoms. The monoisotopic (exact) mass is 332 g/mol. The molecule has 0 saturated heterocycles. The average Bonchev–Trinajstić information content (AvgIpc) is 3.07. The highest BCUT2D eigenvalue weighted by Gasteiger charge is 2.11. The second-order valence-corrected chi connectivity index (χ2v) is 5.53. The lowest BCUT2D eigenvalue weighted by atomic mass is 10.1. The van der Waals surface area contributed by atoms with Crippen molar-refractivity contribution in [1.82, 2.24) is 15.0 Å². The first kappa shape index (κ1) is 15.0. The van der Waals surface area contributed by atoms with Crippen LogP contribution in [0.15, 0.2) is 60.9 Å². The van der Waals surface area contributed by atoms with Crippen molar-refractivity contribution in [3.8, 4) is 28.6 Å². The number of hydrogen-bond donors (Lipinski definition) is 2. The molecule has 124 valence electrons. The summed E-state index contributed by atoms with van der Waals surface area (Å²) in [5.74, 6) is 1.84. The SMILES string of the molecule is COc1cccc(Oc2ncnc3[nH]c(-c4cccc(N)c4)cc23)c1. The molecule has 0 aliphatic rings. The lowest BCUT2D eigenvalue weighted by Crippen LogP contribution is -1.90. The van der Waals surface area contributed by atoms with Gasteiger partial charge in [0.15, 0.2) is 0 Å². The van der Waals surface area contributed by atoms with Gasteiger partial charge in [0.05, 0.1) is 12.5 Å². The van der Waals surface area contributed by atoms with Crippen LogP contribution in [0.5, 0.6) is 17.4 Å². The summed E-state index contributed by atoms with van der Waals surface area (Å²) in [5.41, 5.74) is 9.15. The largest absolute Gasteiger partial charge is 0.497 e. The van der Waals surface area contributed by atoms with Gasteiger partial charge in [-0.15, -0.1) is 0 Å². The third kappa shape index (κ3) is 2.97. The van der Waals surface area contributed by atoms with Gasteiger partial charge in [0.2, 0.25) is 5.88 Å². The standard InChI is InChI=1S/C19H16N4O2/c1-24-14-6-3-7-15(9-14)25-19-16-10-17(23-18(16)21-11-22-19)12-4-2-5-13(20)8-12/h2-11H,20H2,1H3,(H,21,22,23). The van der Waals surface area contributed by atoms with E-state index in [1.54, 1.807) is 13.2 Å². The molecule has 6 heteroatoms. The van der Waals surface area contributed by atoms with Crippen molar-refractivity contribution in [1.29, 1.82) is 0 Å². The van der Waals surface area contributed by atoms with E-state index in [4.69, 9.17) is 15.2 Å². The highest BCUT2D eigenvalue weighted by Crippen LogP contribution is 2.32. The fraction of sp³-hybridized carbons (Fsp3) is 0.0526. The molecule has 0 unspecified atom stereocenters. The maximum atomic E-state index is 5.93. The first-order valence-electron chi connectivity index (χ1n) is 7.74. The number of nitrogens with zero attached hydrogens (tertiary/aromatic N) is 2. The third-order valence-corrected chi connectivity index (χ3v) is 3.84. The number of benzene rings is 2. The molecule has 0 amide bonds. The Morgan fingerprint density at radius 2 is 1.80 bits per heavy atom. The van der Waals surface area contributed by atoms with Crippen molar-refractivity contribution in [3.05, 3.63) is 60.9 Å². The zero-order valence-corrected chi connectivity index (χ0v) is 13.6. The number of rotatable bonds is 4. The van der Waals surface area contributed by atoms with E-state index in [0.29, 0.717) is 23.0 Å². The normalized spacial score (nSPS) is 10.8. The number of methoxy groups -OCH3 is 1. The van der Waals surface area contributed by atoms with E-state index in [1.807, 2.05) is 48.5 Å². The second kappa shape index (κ2) is 6.16. The number of nitrogen functional groups attached to an aromatic ring is 1. The van der Waals surface area contributed by atoms with Gasteiger partial charge in [-0.3, -0.25) is 0 Å². The Morgan fingerprint density at radius 1 is 0.960 bits per heavy atom. The van der Waals surface area contributed by atoms with Crippen LogP contribution in [-0.2, 0) is 0 Å². The molecule has 2 aromatic heterocycles. The van der Waals surface area contributed by atoms with Crippen LogP contribution in [0.2, 0.25) is 0 Å². The molecule has 0 spiro atoms. The molecule has 0 atom stereocenters. The first-order chi connectivity index (χ1) is 12.2. The van der Waals surface area contributed by atoms with E-state index in [2.05, 4.69) is 15.0 Å². The number of hydrogen-bond acceptors (Lipinski definition) is 5. The Kier molecular flexibility index (Phi) is 3.70. The Labute approximate surface area is 144 Å². The zero-order chi connectivity index (χ0) is 17.2. The molecule has 2 heterocycles. The summed E-state index contributed by atoms with van der Waals surface area (Å²) < 4.78 is 11.2. The number of H-pyrrole nitrogens is 1. The van der Waals surface area contributed by atoms with Gasteiger partial charge in [-0.05, 0) is 30.3 Å². The Balaban J connectivity index is 1.75. The molecule has 0 radical (unpaired) electrons. The van der Waals surface area contributed by atoms with Crippen molar-refractivity contribution in [2.75, 3.05) is 12.8 Å². The summed E-state index contributed by atoms with van der Waals surface area (Å²) in [5, 5.41) is 0.794. The van der Waals surface area contributed by atoms with Crippen LogP contribution in [0.25, 0.3) is 22.3 Å². The minimum Gasteiger partial charge on any atom is -0.497 e. The maximum Gasteiger partial charge on any atom is 0.231 e. The molecule has 0 aliphatic heterocycles. The van der Waals surface area contributed by atoms with Crippen LogP contribution >= 0.6 is 0 Å². The van der Waals surface area contributed by atoms with Gasteiger partial charge in [-0.2, -0.15) is 0 Å². The van der Waals surface area contributed by atoms with Gasteiger partial charge >= 0.3 is 0 Å². The molecule has 0 fully saturated rings. The van der Waals surface area contributed by atoms with E-state index in [-0.39, 0.29) is 0 Å². The quantitative estimate of drug-likeness (QED) is 0.552. The van der Waals surface area contributed by atoms with Gasteiger partial charge in [-0.25, -0.2) is 9.97 Å². The van der Waals surface area contributed by atoms with Crippen LogP contribution in [0.1, 0.15) is 0 Å². The Morgan fingerprint density at radius 3 is 2.64 bits per heavy atom. The van der Waals surface area contributed by atoms with Crippen molar-refractivity contribution >= 4 is 16.7 Å². The maximum absolute atomic E-state index is 5.93. The van der Waals surface area contributed by atoms with Crippen LogP contribution in [0, 0.1) is 0 Å². The third-order valence-electron chi connectivity index (χ3n) is 3.84. The van der Waals surface area contributed by atoms with Crippen LogP contribution in [0.3, 0.4) is 0 Å². The molecular formula is C19H16N4O2. The highest BCUT2D eigenvalue weighted by atomic mass is 16.5. The van der Waals surface area contributed by atoms with Crippen molar-refractivity contribution in [2.45, 2.75) is 0 Å². The summed E-state index contributed by atoms with van der Waals surface area (Å²) in [6, 6.07) is 17.0. The number of anilines is 1. The van der Waals surface area contributed by atoms with Crippen LogP contribution in [-0.4, -0.2) is 22.1 Å². The number of nitrogens with two attached hydrogens (primary N) is 1. The number of aromatic amines is 1. The number of nitrogens with one attached hydrogen (secondary N) is 1. The molecule has 0 saturated carbocycles. The van der Waals surface area contributed by atoms with E-state index in [1.165, 1.54) is 6.33 Å². The van der Waals surface area contributed by atoms with Gasteiger partial charge in [0.1, 0.15) is 23.5 Å². The highest BCUT2D eigenvalue weighted by molar-refractivity contribution is 5.87. The fourth-order valence-electron chi connectivity index (χ4n) is 2.64. The van der Waals surface area contributed by atoms with Gasteiger partial charge in [0.25, 0.3) is 0 Å². The van der Waals surface area contributed by atoms with E-state index < -0.39 is 0 Å². The van der Waals surface area contributed by atoms with Crippen molar-refractivity contribution in [3.63, 3.8) is 0 Å². The second-order valence-electron chi connectivity index (χ2n) is 5.53.